The lowest BCUT2D eigenvalue weighted by atomic mass is 10.2. The van der Waals surface area contributed by atoms with Crippen LogP contribution in [0.3, 0.4) is 0 Å². The van der Waals surface area contributed by atoms with Gasteiger partial charge in [-0.1, -0.05) is 29.3 Å². The average molecular weight is 353 g/mol. The fourth-order valence-corrected chi connectivity index (χ4v) is 2.40. The molecule has 5 nitrogen and oxygen atoms in total. The number of hydrogen-bond acceptors (Lipinski definition) is 4. The fourth-order valence-electron chi connectivity index (χ4n) is 1.91. The zero-order valence-electron chi connectivity index (χ0n) is 12.5. The van der Waals surface area contributed by atoms with E-state index in [1.807, 2.05) is 0 Å². The van der Waals surface area contributed by atoms with Crippen LogP contribution in [0.5, 0.6) is 11.5 Å². The molecule has 0 bridgehead atoms. The maximum absolute atomic E-state index is 12.0. The molecule has 1 N–H and O–H groups in total. The molecular weight excluding hydrogens is 339 g/mol. The van der Waals surface area contributed by atoms with Crippen LogP contribution in [0.4, 0.5) is 0 Å². The number of nitrogens with zero attached hydrogens (tertiary/aromatic N) is 1. The van der Waals surface area contributed by atoms with Crippen LogP contribution in [0.15, 0.2) is 41.5 Å². The quantitative estimate of drug-likeness (QED) is 0.658. The summed E-state index contributed by atoms with van der Waals surface area (Å²) in [4.78, 5) is 12.0. The Hall–Kier alpha value is -2.24. The molecule has 2 aromatic rings. The van der Waals surface area contributed by atoms with Crippen molar-refractivity contribution in [3.8, 4) is 11.5 Å². The molecule has 2 rings (SSSR count). The van der Waals surface area contributed by atoms with Gasteiger partial charge in [-0.25, -0.2) is 5.43 Å². The summed E-state index contributed by atoms with van der Waals surface area (Å²) in [5.74, 6) is 0.658. The summed E-state index contributed by atoms with van der Waals surface area (Å²) in [6.45, 7) is 0. The van der Waals surface area contributed by atoms with Gasteiger partial charge in [-0.2, -0.15) is 5.10 Å². The Labute approximate surface area is 143 Å². The van der Waals surface area contributed by atoms with E-state index >= 15 is 0 Å². The second-order valence-corrected chi connectivity index (χ2v) is 5.25. The van der Waals surface area contributed by atoms with Crippen molar-refractivity contribution in [1.29, 1.82) is 0 Å². The van der Waals surface area contributed by atoms with Crippen LogP contribution in [0.1, 0.15) is 15.9 Å². The molecule has 23 heavy (non-hydrogen) atoms. The normalized spacial score (nSPS) is 10.6. The van der Waals surface area contributed by atoms with Gasteiger partial charge in [0.15, 0.2) is 11.5 Å². The molecule has 1 amide bonds. The highest BCUT2D eigenvalue weighted by molar-refractivity contribution is 6.36. The molecule has 0 heterocycles. The topological polar surface area (TPSA) is 59.9 Å². The lowest BCUT2D eigenvalue weighted by Gasteiger charge is -2.09. The molecule has 0 aliphatic carbocycles. The van der Waals surface area contributed by atoms with Gasteiger partial charge in [-0.15, -0.1) is 0 Å². The highest BCUT2D eigenvalue weighted by atomic mass is 35.5. The van der Waals surface area contributed by atoms with Crippen molar-refractivity contribution in [2.45, 2.75) is 0 Å². The number of rotatable bonds is 5. The number of hydrogen-bond donors (Lipinski definition) is 1. The van der Waals surface area contributed by atoms with Gasteiger partial charge in [0.2, 0.25) is 0 Å². The van der Waals surface area contributed by atoms with Crippen molar-refractivity contribution in [1.82, 2.24) is 5.43 Å². The standard InChI is InChI=1S/C16H14Cl2N2O3/c1-22-14-5-3-4-10(15(14)23-2)9-19-20-16(21)12-7-6-11(17)8-13(12)18/h3-9H,1-2H3,(H,20,21). The Balaban J connectivity index is 2.14. The van der Waals surface area contributed by atoms with E-state index in [1.54, 1.807) is 31.4 Å². The largest absolute Gasteiger partial charge is 0.493 e. The number of ether oxygens (including phenoxy) is 2. The van der Waals surface area contributed by atoms with Crippen LogP contribution in [0.2, 0.25) is 10.0 Å². The molecule has 0 radical (unpaired) electrons. The van der Waals surface area contributed by atoms with Crippen molar-refractivity contribution >= 4 is 35.3 Å². The predicted octanol–water partition coefficient (Wildman–Crippen LogP) is 3.77. The van der Waals surface area contributed by atoms with Gasteiger partial charge in [-0.05, 0) is 30.3 Å². The Bertz CT molecular complexity index is 748. The summed E-state index contributed by atoms with van der Waals surface area (Å²) in [6, 6.07) is 9.95. The smallest absolute Gasteiger partial charge is 0.272 e. The lowest BCUT2D eigenvalue weighted by Crippen LogP contribution is -2.18. The monoisotopic (exact) mass is 352 g/mol. The van der Waals surface area contributed by atoms with Crippen molar-refractivity contribution in [3.63, 3.8) is 0 Å². The van der Waals surface area contributed by atoms with Crippen molar-refractivity contribution < 1.29 is 14.3 Å². The van der Waals surface area contributed by atoms with E-state index in [-0.39, 0.29) is 10.6 Å². The molecule has 2 aromatic carbocycles. The van der Waals surface area contributed by atoms with Crippen LogP contribution in [-0.2, 0) is 0 Å². The molecule has 0 aliphatic rings. The molecule has 0 saturated heterocycles. The summed E-state index contributed by atoms with van der Waals surface area (Å²) in [6.07, 6.45) is 1.46. The predicted molar refractivity (Wildman–Crippen MR) is 91.1 cm³/mol. The van der Waals surface area contributed by atoms with Gasteiger partial charge in [-0.3, -0.25) is 4.79 Å². The molecular formula is C16H14Cl2N2O3. The first-order valence-electron chi connectivity index (χ1n) is 6.56. The van der Waals surface area contributed by atoms with Crippen LogP contribution < -0.4 is 14.9 Å². The fraction of sp³-hybridized carbons (Fsp3) is 0.125. The van der Waals surface area contributed by atoms with Crippen molar-refractivity contribution in [3.05, 3.63) is 57.6 Å². The second-order valence-electron chi connectivity index (χ2n) is 4.41. The average Bonchev–Trinajstić information content (AvgIpc) is 2.54. The molecule has 0 aliphatic heterocycles. The Morgan fingerprint density at radius 2 is 1.96 bits per heavy atom. The van der Waals surface area contributed by atoms with Gasteiger partial charge in [0.1, 0.15) is 0 Å². The first-order valence-corrected chi connectivity index (χ1v) is 7.32. The minimum Gasteiger partial charge on any atom is -0.493 e. The van der Waals surface area contributed by atoms with Crippen LogP contribution in [-0.4, -0.2) is 26.3 Å². The summed E-state index contributed by atoms with van der Waals surface area (Å²) in [7, 11) is 3.07. The van der Waals surface area contributed by atoms with E-state index in [0.717, 1.165) is 0 Å². The van der Waals surface area contributed by atoms with E-state index in [2.05, 4.69) is 10.5 Å². The highest BCUT2D eigenvalue weighted by Crippen LogP contribution is 2.29. The molecule has 0 atom stereocenters. The van der Waals surface area contributed by atoms with Gasteiger partial charge in [0.05, 0.1) is 31.0 Å². The van der Waals surface area contributed by atoms with Gasteiger partial charge < -0.3 is 9.47 Å². The van der Waals surface area contributed by atoms with Crippen molar-refractivity contribution in [2.24, 2.45) is 5.10 Å². The molecule has 0 fully saturated rings. The number of carbonyl (C=O) groups excluding carboxylic acids is 1. The summed E-state index contributed by atoms with van der Waals surface area (Å²) in [5, 5.41) is 4.62. The molecule has 7 heteroatoms. The summed E-state index contributed by atoms with van der Waals surface area (Å²) < 4.78 is 10.5. The number of methoxy groups -OCH3 is 2. The van der Waals surface area contributed by atoms with Crippen LogP contribution in [0.25, 0.3) is 0 Å². The van der Waals surface area contributed by atoms with E-state index in [9.17, 15) is 4.79 Å². The number of para-hydroxylation sites is 1. The van der Waals surface area contributed by atoms with Gasteiger partial charge in [0, 0.05) is 10.6 Å². The first-order chi connectivity index (χ1) is 11.1. The third-order valence-electron chi connectivity index (χ3n) is 2.98. The Kier molecular flexibility index (Phi) is 5.84. The first kappa shape index (κ1) is 17.1. The molecule has 0 unspecified atom stereocenters. The number of carbonyl (C=O) groups is 1. The number of hydrazone groups is 1. The van der Waals surface area contributed by atoms with Gasteiger partial charge >= 0.3 is 0 Å². The third-order valence-corrected chi connectivity index (χ3v) is 3.53. The highest BCUT2D eigenvalue weighted by Gasteiger charge is 2.10. The summed E-state index contributed by atoms with van der Waals surface area (Å²) in [5.41, 5.74) is 3.35. The SMILES string of the molecule is COc1cccc(C=NNC(=O)c2ccc(Cl)cc2Cl)c1OC. The van der Waals surface area contributed by atoms with E-state index in [1.165, 1.54) is 25.5 Å². The number of amides is 1. The van der Waals surface area contributed by atoms with E-state index in [4.69, 9.17) is 32.7 Å². The molecule has 0 aromatic heterocycles. The van der Waals surface area contributed by atoms with Crippen LogP contribution >= 0.6 is 23.2 Å². The maximum Gasteiger partial charge on any atom is 0.272 e. The minimum absolute atomic E-state index is 0.254. The zero-order valence-corrected chi connectivity index (χ0v) is 14.0. The Morgan fingerprint density at radius 3 is 2.61 bits per heavy atom. The number of nitrogens with one attached hydrogen (secondary N) is 1. The Morgan fingerprint density at radius 1 is 1.17 bits per heavy atom. The van der Waals surface area contributed by atoms with Gasteiger partial charge in [0.25, 0.3) is 5.91 Å². The number of benzene rings is 2. The third kappa shape index (κ3) is 4.15. The molecule has 120 valence electrons. The van der Waals surface area contributed by atoms with E-state index in [0.29, 0.717) is 22.1 Å². The van der Waals surface area contributed by atoms with E-state index < -0.39 is 5.91 Å². The second kappa shape index (κ2) is 7.85. The summed E-state index contributed by atoms with van der Waals surface area (Å²) >= 11 is 11.8. The zero-order chi connectivity index (χ0) is 16.8. The maximum atomic E-state index is 12.0. The number of halogens is 2. The van der Waals surface area contributed by atoms with Crippen LogP contribution in [0, 0.1) is 0 Å². The molecule has 0 spiro atoms. The molecule has 0 saturated carbocycles. The lowest BCUT2D eigenvalue weighted by molar-refractivity contribution is 0.0955. The van der Waals surface area contributed by atoms with Crippen molar-refractivity contribution in [2.75, 3.05) is 14.2 Å². The minimum atomic E-state index is -0.440.